The molecule has 0 aliphatic rings. The number of rotatable bonds is 4. The van der Waals surface area contributed by atoms with Gasteiger partial charge in [0.15, 0.2) is 0 Å². The minimum Gasteiger partial charge on any atom is -0.543 e. The average Bonchev–Trinajstić information content (AvgIpc) is 3.05. The highest BCUT2D eigenvalue weighted by atomic mass is 16.5. The second kappa shape index (κ2) is 6.03. The normalized spacial score (nSPS) is 11.0. The fraction of sp³-hybridized carbons (Fsp3) is 0.105. The van der Waals surface area contributed by atoms with Crippen LogP contribution in [0.3, 0.4) is 0 Å². The lowest BCUT2D eigenvalue weighted by molar-refractivity contribution is -0.255. The van der Waals surface area contributed by atoms with Crippen LogP contribution < -0.4 is 14.6 Å². The van der Waals surface area contributed by atoms with E-state index in [2.05, 4.69) is 9.97 Å². The van der Waals surface area contributed by atoms with Crippen LogP contribution in [0.1, 0.15) is 10.5 Å². The van der Waals surface area contributed by atoms with Crippen molar-refractivity contribution in [2.24, 2.45) is 0 Å². The first kappa shape index (κ1) is 15.9. The van der Waals surface area contributed by atoms with Crippen LogP contribution in [-0.4, -0.2) is 34.6 Å². The molecule has 0 saturated carbocycles. The maximum atomic E-state index is 11.8. The molecule has 2 aromatic heterocycles. The Labute approximate surface area is 148 Å². The van der Waals surface area contributed by atoms with E-state index in [1.54, 1.807) is 37.4 Å². The molecule has 0 unspecified atom stereocenters. The van der Waals surface area contributed by atoms with Gasteiger partial charge in [-0.3, -0.25) is 4.40 Å². The number of para-hydroxylation sites is 2. The van der Waals surface area contributed by atoms with Crippen LogP contribution in [0.4, 0.5) is 0 Å². The van der Waals surface area contributed by atoms with Gasteiger partial charge in [0, 0.05) is 5.56 Å². The van der Waals surface area contributed by atoms with Crippen LogP contribution in [-0.2, 0) is 0 Å². The first-order valence-corrected chi connectivity index (χ1v) is 7.84. The summed E-state index contributed by atoms with van der Waals surface area (Å²) in [6.07, 6.45) is 0. The number of carbonyl (C=O) groups is 1. The summed E-state index contributed by atoms with van der Waals surface area (Å²) in [7, 11) is 3.09. The maximum Gasteiger partial charge on any atom is 0.235 e. The molecule has 0 spiro atoms. The van der Waals surface area contributed by atoms with Gasteiger partial charge < -0.3 is 19.4 Å². The molecule has 0 radical (unpaired) electrons. The third-order valence-electron chi connectivity index (χ3n) is 4.17. The molecule has 7 heteroatoms. The number of methoxy groups -OCH3 is 2. The van der Waals surface area contributed by atoms with Gasteiger partial charge in [-0.05, 0) is 36.4 Å². The number of nitrogens with zero attached hydrogens (tertiary/aromatic N) is 3. The van der Waals surface area contributed by atoms with Gasteiger partial charge in [0.05, 0.1) is 42.6 Å². The minimum absolute atomic E-state index is 0.0384. The predicted molar refractivity (Wildman–Crippen MR) is 93.4 cm³/mol. The van der Waals surface area contributed by atoms with Crippen molar-refractivity contribution in [3.63, 3.8) is 0 Å². The number of aromatic nitrogens is 3. The highest BCUT2D eigenvalue weighted by Gasteiger charge is 2.16. The molecule has 0 aliphatic carbocycles. The Morgan fingerprint density at radius 2 is 1.85 bits per heavy atom. The largest absolute Gasteiger partial charge is 0.543 e. The van der Waals surface area contributed by atoms with Gasteiger partial charge in [-0.15, -0.1) is 0 Å². The second-order valence-electron chi connectivity index (χ2n) is 5.62. The first-order chi connectivity index (χ1) is 12.6. The van der Waals surface area contributed by atoms with Crippen LogP contribution in [0, 0.1) is 0 Å². The van der Waals surface area contributed by atoms with Crippen molar-refractivity contribution in [2.45, 2.75) is 0 Å². The Morgan fingerprint density at radius 1 is 1.04 bits per heavy atom. The summed E-state index contributed by atoms with van der Waals surface area (Å²) in [4.78, 5) is 20.7. The van der Waals surface area contributed by atoms with Crippen molar-refractivity contribution in [1.82, 2.24) is 14.4 Å². The van der Waals surface area contributed by atoms with E-state index in [1.165, 1.54) is 17.6 Å². The molecule has 130 valence electrons. The van der Waals surface area contributed by atoms with Gasteiger partial charge in [0.2, 0.25) is 5.78 Å². The zero-order valence-corrected chi connectivity index (χ0v) is 14.1. The van der Waals surface area contributed by atoms with Crippen molar-refractivity contribution < 1.29 is 19.4 Å². The predicted octanol–water partition coefficient (Wildman–Crippen LogP) is 1.93. The summed E-state index contributed by atoms with van der Waals surface area (Å²) in [5.41, 5.74) is 2.27. The van der Waals surface area contributed by atoms with E-state index in [0.717, 1.165) is 0 Å². The standard InChI is InChI=1S/C19H15N3O4/c1-25-11-7-8-17(26-2)12(9-11)14-10-16(18(23)24)22-15-6-4-3-5-13(15)20-19(22)21-14/h3-10H,1-2H3,(H,23,24)/p-1. The number of hydrogen-bond donors (Lipinski definition) is 0. The van der Waals surface area contributed by atoms with Gasteiger partial charge >= 0.3 is 0 Å². The molecule has 0 bridgehead atoms. The van der Waals surface area contributed by atoms with E-state index in [-0.39, 0.29) is 11.5 Å². The molecule has 4 aromatic rings. The summed E-state index contributed by atoms with van der Waals surface area (Å²) in [5.74, 6) is 0.102. The molecule has 0 saturated heterocycles. The Morgan fingerprint density at radius 3 is 2.58 bits per heavy atom. The van der Waals surface area contributed by atoms with E-state index in [9.17, 15) is 9.90 Å². The second-order valence-corrected chi connectivity index (χ2v) is 5.62. The Balaban J connectivity index is 2.06. The number of imidazole rings is 1. The Bertz CT molecular complexity index is 1150. The molecule has 2 heterocycles. The van der Waals surface area contributed by atoms with E-state index >= 15 is 0 Å². The molecule has 26 heavy (non-hydrogen) atoms. The zero-order chi connectivity index (χ0) is 18.3. The summed E-state index contributed by atoms with van der Waals surface area (Å²) >= 11 is 0. The lowest BCUT2D eigenvalue weighted by Gasteiger charge is -2.13. The fourth-order valence-corrected chi connectivity index (χ4v) is 2.96. The molecule has 2 aromatic carbocycles. The molecule has 4 rings (SSSR count). The SMILES string of the molecule is COc1ccc(OC)c(-c2cc(C(=O)[O-])n3c(n2)nc2ccccc23)c1. The highest BCUT2D eigenvalue weighted by Crippen LogP contribution is 2.33. The van der Waals surface area contributed by atoms with E-state index in [4.69, 9.17) is 9.47 Å². The number of benzene rings is 2. The van der Waals surface area contributed by atoms with Crippen LogP contribution in [0.25, 0.3) is 28.1 Å². The molecule has 0 N–H and O–H groups in total. The minimum atomic E-state index is -1.32. The van der Waals surface area contributed by atoms with E-state index < -0.39 is 5.97 Å². The molecule has 7 nitrogen and oxygen atoms in total. The van der Waals surface area contributed by atoms with Crippen LogP contribution >= 0.6 is 0 Å². The number of aromatic carboxylic acids is 1. The molecular weight excluding hydrogens is 334 g/mol. The molecule has 0 atom stereocenters. The first-order valence-electron chi connectivity index (χ1n) is 7.84. The molecule has 0 amide bonds. The van der Waals surface area contributed by atoms with E-state index in [1.807, 2.05) is 12.1 Å². The van der Waals surface area contributed by atoms with Crippen molar-refractivity contribution >= 4 is 22.8 Å². The maximum absolute atomic E-state index is 11.8. The van der Waals surface area contributed by atoms with Gasteiger partial charge in [0.1, 0.15) is 11.5 Å². The molecule has 0 fully saturated rings. The van der Waals surface area contributed by atoms with Gasteiger partial charge in [-0.2, -0.15) is 0 Å². The van der Waals surface area contributed by atoms with Crippen molar-refractivity contribution in [3.8, 4) is 22.8 Å². The van der Waals surface area contributed by atoms with Crippen LogP contribution in [0.2, 0.25) is 0 Å². The van der Waals surface area contributed by atoms with Crippen LogP contribution in [0.15, 0.2) is 48.5 Å². The quantitative estimate of drug-likeness (QED) is 0.560. The van der Waals surface area contributed by atoms with Crippen LogP contribution in [0.5, 0.6) is 11.5 Å². The molecule has 0 aliphatic heterocycles. The lowest BCUT2D eigenvalue weighted by atomic mass is 10.1. The van der Waals surface area contributed by atoms with Gasteiger partial charge in [-0.1, -0.05) is 12.1 Å². The highest BCUT2D eigenvalue weighted by molar-refractivity contribution is 5.91. The van der Waals surface area contributed by atoms with Gasteiger partial charge in [-0.25, -0.2) is 9.97 Å². The monoisotopic (exact) mass is 348 g/mol. The number of fused-ring (bicyclic) bond motifs is 3. The summed E-state index contributed by atoms with van der Waals surface area (Å²) < 4.78 is 12.1. The third kappa shape index (κ3) is 2.41. The summed E-state index contributed by atoms with van der Waals surface area (Å²) in [6, 6.07) is 13.9. The fourth-order valence-electron chi connectivity index (χ4n) is 2.96. The number of carbonyl (C=O) groups excluding carboxylic acids is 1. The van der Waals surface area contributed by atoms with Crippen molar-refractivity contribution in [1.29, 1.82) is 0 Å². The average molecular weight is 348 g/mol. The van der Waals surface area contributed by atoms with Crippen molar-refractivity contribution in [3.05, 3.63) is 54.2 Å². The topological polar surface area (TPSA) is 88.8 Å². The Kier molecular flexibility index (Phi) is 3.69. The molecular formula is C19H14N3O4-. The number of hydrogen-bond acceptors (Lipinski definition) is 6. The smallest absolute Gasteiger partial charge is 0.235 e. The lowest BCUT2D eigenvalue weighted by Crippen LogP contribution is -2.25. The van der Waals surface area contributed by atoms with Gasteiger partial charge in [0.25, 0.3) is 0 Å². The summed E-state index contributed by atoms with van der Waals surface area (Å²) in [6.45, 7) is 0. The van der Waals surface area contributed by atoms with Crippen molar-refractivity contribution in [2.75, 3.05) is 14.2 Å². The Hall–Kier alpha value is -3.61. The van der Waals surface area contributed by atoms with E-state index in [0.29, 0.717) is 33.8 Å². The number of carboxylic acids is 1. The third-order valence-corrected chi connectivity index (χ3v) is 4.17. The number of carboxylic acid groups (broad SMARTS) is 1. The summed E-state index contributed by atoms with van der Waals surface area (Å²) in [5, 5.41) is 11.8. The zero-order valence-electron chi connectivity index (χ0n) is 14.1. The number of ether oxygens (including phenoxy) is 2.